The van der Waals surface area contributed by atoms with Crippen molar-refractivity contribution in [3.05, 3.63) is 70.7 Å². The summed E-state index contributed by atoms with van der Waals surface area (Å²) >= 11 is 0. The van der Waals surface area contributed by atoms with Crippen LogP contribution < -0.4 is 10.0 Å². The van der Waals surface area contributed by atoms with E-state index in [4.69, 9.17) is 0 Å². The molecule has 21 heavy (non-hydrogen) atoms. The maximum atomic E-state index is 12.1. The highest BCUT2D eigenvalue weighted by atomic mass is 16.5. The smallest absolute Gasteiger partial charge is 0.252 e. The fourth-order valence-electron chi connectivity index (χ4n) is 2.10. The second-order valence-electron chi connectivity index (χ2n) is 5.46. The highest BCUT2D eigenvalue weighted by molar-refractivity contribution is 5.94. The fourth-order valence-corrected chi connectivity index (χ4v) is 2.10. The van der Waals surface area contributed by atoms with Crippen LogP contribution in [0.3, 0.4) is 0 Å². The molecule has 4 nitrogen and oxygen atoms in total. The Hall–Kier alpha value is -2.36. The van der Waals surface area contributed by atoms with Gasteiger partial charge in [0.25, 0.3) is 5.91 Å². The molecule has 0 fully saturated rings. The Morgan fingerprint density at radius 2 is 1.52 bits per heavy atom. The molecule has 0 aliphatic carbocycles. The summed E-state index contributed by atoms with van der Waals surface area (Å²) < 4.78 is 0.658. The van der Waals surface area contributed by atoms with Crippen LogP contribution in [0.1, 0.15) is 54.2 Å². The van der Waals surface area contributed by atoms with Crippen molar-refractivity contribution in [3.63, 3.8) is 0 Å². The summed E-state index contributed by atoms with van der Waals surface area (Å²) in [5, 5.41) is 13.9. The number of pyridine rings is 1. The number of carbonyl (C=O) groups is 1. The quantitative estimate of drug-likeness (QED) is 0.693. The van der Waals surface area contributed by atoms with Gasteiger partial charge in [0.15, 0.2) is 12.4 Å². The number of benzene rings is 1. The van der Waals surface area contributed by atoms with E-state index in [9.17, 15) is 10.0 Å². The van der Waals surface area contributed by atoms with E-state index in [0.29, 0.717) is 16.2 Å². The number of carbonyl (C=O) groups excluding carboxylic acids is 1. The van der Waals surface area contributed by atoms with Gasteiger partial charge in [-0.1, -0.05) is 38.1 Å². The molecule has 2 rings (SSSR count). The average molecular weight is 284 g/mol. The van der Waals surface area contributed by atoms with Crippen molar-refractivity contribution in [1.29, 1.82) is 0 Å². The van der Waals surface area contributed by atoms with Crippen LogP contribution in [0.15, 0.2) is 48.8 Å². The topological polar surface area (TPSA) is 56.0 Å². The molecular formula is C17H20N2O2. The zero-order valence-corrected chi connectivity index (χ0v) is 12.5. The number of aromatic nitrogens is 1. The van der Waals surface area contributed by atoms with Crippen molar-refractivity contribution >= 4 is 5.91 Å². The molecule has 1 aromatic heterocycles. The van der Waals surface area contributed by atoms with Crippen LogP contribution in [-0.4, -0.2) is 5.91 Å². The van der Waals surface area contributed by atoms with Gasteiger partial charge in [-0.2, -0.15) is 4.73 Å². The normalized spacial score (nSPS) is 12.2. The third kappa shape index (κ3) is 3.81. The zero-order valence-electron chi connectivity index (χ0n) is 12.5. The molecule has 0 saturated heterocycles. The second-order valence-corrected chi connectivity index (χ2v) is 5.46. The van der Waals surface area contributed by atoms with Crippen LogP contribution >= 0.6 is 0 Å². The first-order valence-corrected chi connectivity index (χ1v) is 7.07. The van der Waals surface area contributed by atoms with Gasteiger partial charge in [-0.15, -0.1) is 0 Å². The van der Waals surface area contributed by atoms with Gasteiger partial charge in [-0.25, -0.2) is 0 Å². The Morgan fingerprint density at radius 3 is 2.05 bits per heavy atom. The Balaban J connectivity index is 2.05. The van der Waals surface area contributed by atoms with Gasteiger partial charge >= 0.3 is 0 Å². The molecule has 110 valence electrons. The third-order valence-electron chi connectivity index (χ3n) is 3.51. The summed E-state index contributed by atoms with van der Waals surface area (Å²) in [6.45, 7) is 6.24. The summed E-state index contributed by atoms with van der Waals surface area (Å²) in [6, 6.07) is 11.2. The van der Waals surface area contributed by atoms with Crippen molar-refractivity contribution in [1.82, 2.24) is 5.32 Å². The number of nitrogens with one attached hydrogen (secondary N) is 1. The molecule has 4 heteroatoms. The van der Waals surface area contributed by atoms with E-state index < -0.39 is 0 Å². The summed E-state index contributed by atoms with van der Waals surface area (Å²) in [6.07, 6.45) is 2.63. The number of rotatable bonds is 4. The molecule has 1 N–H and O–H groups in total. The van der Waals surface area contributed by atoms with Crippen LogP contribution in [0.25, 0.3) is 0 Å². The van der Waals surface area contributed by atoms with Crippen molar-refractivity contribution in [2.24, 2.45) is 0 Å². The molecule has 1 atom stereocenters. The molecule has 1 aromatic carbocycles. The summed E-state index contributed by atoms with van der Waals surface area (Å²) in [4.78, 5) is 12.1. The molecule has 0 aliphatic heterocycles. The van der Waals surface area contributed by atoms with Gasteiger partial charge in [0.05, 0.1) is 11.6 Å². The molecule has 2 aromatic rings. The van der Waals surface area contributed by atoms with Crippen molar-refractivity contribution in [3.8, 4) is 0 Å². The first kappa shape index (κ1) is 15.0. The highest BCUT2D eigenvalue weighted by Gasteiger charge is 2.12. The fraction of sp³-hybridized carbons (Fsp3) is 0.294. The van der Waals surface area contributed by atoms with Crippen molar-refractivity contribution < 1.29 is 9.52 Å². The largest absolute Gasteiger partial charge is 0.619 e. The third-order valence-corrected chi connectivity index (χ3v) is 3.51. The van der Waals surface area contributed by atoms with Gasteiger partial charge in [-0.05, 0) is 24.0 Å². The lowest BCUT2D eigenvalue weighted by molar-refractivity contribution is -0.605. The Kier molecular flexibility index (Phi) is 4.58. The van der Waals surface area contributed by atoms with E-state index in [1.165, 1.54) is 30.1 Å². The van der Waals surface area contributed by atoms with Crippen LogP contribution in [0, 0.1) is 5.21 Å². The minimum Gasteiger partial charge on any atom is -0.619 e. The van der Waals surface area contributed by atoms with Crippen molar-refractivity contribution in [2.75, 3.05) is 0 Å². The Labute approximate surface area is 125 Å². The van der Waals surface area contributed by atoms with Crippen LogP contribution in [-0.2, 0) is 0 Å². The van der Waals surface area contributed by atoms with Crippen LogP contribution in [0.5, 0.6) is 0 Å². The number of hydrogen-bond acceptors (Lipinski definition) is 2. The van der Waals surface area contributed by atoms with E-state index >= 15 is 0 Å². The molecule has 0 radical (unpaired) electrons. The molecule has 1 heterocycles. The maximum Gasteiger partial charge on any atom is 0.252 e. The Bertz CT molecular complexity index is 604. The lowest BCUT2D eigenvalue weighted by Crippen LogP contribution is -2.29. The van der Waals surface area contributed by atoms with E-state index in [1.54, 1.807) is 0 Å². The zero-order chi connectivity index (χ0) is 15.4. The molecule has 0 aliphatic rings. The molecule has 0 saturated carbocycles. The standard InChI is InChI=1S/C17H20N2O2/c1-12(2)14-4-6-15(7-5-14)13(3)18-17(20)16-8-10-19(21)11-9-16/h4-13H,1-3H3,(H,18,20). The molecule has 1 amide bonds. The second kappa shape index (κ2) is 6.39. The molecule has 0 bridgehead atoms. The first-order valence-electron chi connectivity index (χ1n) is 7.07. The van der Waals surface area contributed by atoms with Crippen LogP contribution in [0.2, 0.25) is 0 Å². The van der Waals surface area contributed by atoms with E-state index in [0.717, 1.165) is 5.56 Å². The average Bonchev–Trinajstić information content (AvgIpc) is 2.47. The van der Waals surface area contributed by atoms with Gasteiger partial charge in [0.1, 0.15) is 0 Å². The van der Waals surface area contributed by atoms with E-state index in [1.807, 2.05) is 19.1 Å². The summed E-state index contributed by atoms with van der Waals surface area (Å²) in [7, 11) is 0. The Morgan fingerprint density at radius 1 is 1.00 bits per heavy atom. The first-order chi connectivity index (χ1) is 9.97. The lowest BCUT2D eigenvalue weighted by Gasteiger charge is -2.15. The highest BCUT2D eigenvalue weighted by Crippen LogP contribution is 2.18. The van der Waals surface area contributed by atoms with Gasteiger partial charge in [0, 0.05) is 12.1 Å². The minimum atomic E-state index is -0.184. The summed E-state index contributed by atoms with van der Waals surface area (Å²) in [5.41, 5.74) is 2.82. The maximum absolute atomic E-state index is 12.1. The van der Waals surface area contributed by atoms with Crippen LogP contribution in [0.4, 0.5) is 0 Å². The summed E-state index contributed by atoms with van der Waals surface area (Å²) in [5.74, 6) is 0.308. The monoisotopic (exact) mass is 284 g/mol. The van der Waals surface area contributed by atoms with Gasteiger partial charge in [0.2, 0.25) is 0 Å². The molecule has 1 unspecified atom stereocenters. The predicted molar refractivity (Wildman–Crippen MR) is 81.8 cm³/mol. The van der Waals surface area contributed by atoms with E-state index in [-0.39, 0.29) is 11.9 Å². The lowest BCUT2D eigenvalue weighted by atomic mass is 9.99. The molecule has 0 spiro atoms. The van der Waals surface area contributed by atoms with Gasteiger partial charge < -0.3 is 10.5 Å². The SMILES string of the molecule is CC(C)c1ccc(C(C)NC(=O)c2cc[n+]([O-])cc2)cc1. The minimum absolute atomic E-state index is 0.0849. The number of nitrogens with zero attached hydrogens (tertiary/aromatic N) is 1. The number of amides is 1. The predicted octanol–water partition coefficient (Wildman–Crippen LogP) is 2.93. The van der Waals surface area contributed by atoms with Crippen molar-refractivity contribution in [2.45, 2.75) is 32.7 Å². The van der Waals surface area contributed by atoms with E-state index in [2.05, 4.69) is 31.3 Å². The van der Waals surface area contributed by atoms with Gasteiger partial charge in [-0.3, -0.25) is 4.79 Å². The molecular weight excluding hydrogens is 264 g/mol. The number of hydrogen-bond donors (Lipinski definition) is 1.